The summed E-state index contributed by atoms with van der Waals surface area (Å²) in [6.07, 6.45) is 3.60. The minimum atomic E-state index is -0.110. The fraction of sp³-hybridized carbons (Fsp3) is 0.179. The summed E-state index contributed by atoms with van der Waals surface area (Å²) in [4.78, 5) is 12.7. The molecule has 0 saturated carbocycles. The largest absolute Gasteiger partial charge is 0.489 e. The molecule has 0 spiro atoms. The van der Waals surface area contributed by atoms with Crippen LogP contribution in [0.4, 0.5) is 0 Å². The maximum absolute atomic E-state index is 12.7. The Labute approximate surface area is 183 Å². The Morgan fingerprint density at radius 3 is 2.26 bits per heavy atom. The van der Waals surface area contributed by atoms with E-state index in [4.69, 9.17) is 9.47 Å². The fourth-order valence-electron chi connectivity index (χ4n) is 3.40. The van der Waals surface area contributed by atoms with Crippen LogP contribution in [0, 0.1) is 0 Å². The van der Waals surface area contributed by atoms with Crippen LogP contribution in [-0.2, 0) is 12.0 Å². The predicted molar refractivity (Wildman–Crippen MR) is 125 cm³/mol. The zero-order chi connectivity index (χ0) is 22.0. The lowest BCUT2D eigenvalue weighted by Gasteiger charge is -2.18. The first-order chi connectivity index (χ1) is 14.8. The van der Waals surface area contributed by atoms with Crippen LogP contribution in [0.3, 0.4) is 0 Å². The second-order valence-corrected chi connectivity index (χ2v) is 8.70. The summed E-state index contributed by atoms with van der Waals surface area (Å²) in [5, 5.41) is 0. The molecule has 0 atom stereocenters. The third-order valence-electron chi connectivity index (χ3n) is 5.34. The second kappa shape index (κ2) is 8.27. The number of allylic oxidation sites excluding steroid dienone is 1. The van der Waals surface area contributed by atoms with Gasteiger partial charge < -0.3 is 9.47 Å². The molecule has 1 aliphatic rings. The first-order valence-corrected chi connectivity index (χ1v) is 10.4. The van der Waals surface area contributed by atoms with Gasteiger partial charge in [0.1, 0.15) is 18.1 Å². The molecule has 0 aliphatic carbocycles. The Balaban J connectivity index is 1.47. The molecule has 0 radical (unpaired) electrons. The highest BCUT2D eigenvalue weighted by Gasteiger charge is 2.27. The quantitative estimate of drug-likeness (QED) is 0.433. The van der Waals surface area contributed by atoms with Crippen LogP contribution in [0.2, 0.25) is 0 Å². The lowest BCUT2D eigenvalue weighted by atomic mass is 9.86. The highest BCUT2D eigenvalue weighted by molar-refractivity contribution is 6.14. The van der Waals surface area contributed by atoms with Crippen molar-refractivity contribution in [2.24, 2.45) is 0 Å². The van der Waals surface area contributed by atoms with E-state index in [0.717, 1.165) is 16.7 Å². The van der Waals surface area contributed by atoms with Gasteiger partial charge in [-0.2, -0.15) is 0 Å². The van der Waals surface area contributed by atoms with Crippen molar-refractivity contribution in [3.63, 3.8) is 0 Å². The van der Waals surface area contributed by atoms with Gasteiger partial charge in [0.25, 0.3) is 0 Å². The summed E-state index contributed by atoms with van der Waals surface area (Å²) >= 11 is 0. The van der Waals surface area contributed by atoms with E-state index in [1.807, 2.05) is 42.5 Å². The number of rotatable bonds is 5. The van der Waals surface area contributed by atoms with Crippen LogP contribution < -0.4 is 9.47 Å². The van der Waals surface area contributed by atoms with Gasteiger partial charge in [0.15, 0.2) is 5.76 Å². The van der Waals surface area contributed by atoms with Crippen molar-refractivity contribution in [3.8, 4) is 11.5 Å². The monoisotopic (exact) mass is 410 g/mol. The van der Waals surface area contributed by atoms with Crippen LogP contribution in [0.1, 0.15) is 53.4 Å². The number of carbonyl (C=O) groups is 1. The summed E-state index contributed by atoms with van der Waals surface area (Å²) in [5.74, 6) is 1.41. The highest BCUT2D eigenvalue weighted by Crippen LogP contribution is 2.35. The van der Waals surface area contributed by atoms with E-state index in [2.05, 4.69) is 39.5 Å². The first-order valence-electron chi connectivity index (χ1n) is 10.4. The van der Waals surface area contributed by atoms with E-state index in [0.29, 0.717) is 29.4 Å². The number of hydrogen-bond acceptors (Lipinski definition) is 3. The predicted octanol–water partition coefficient (Wildman–Crippen LogP) is 6.82. The SMILES string of the molecule is C=Cc1ccc(COc2ccc3c(c2)OC(=Cc2ccc(C(C)(C)C)cc2)C3=O)cc1. The third kappa shape index (κ3) is 4.61. The van der Waals surface area contributed by atoms with E-state index < -0.39 is 0 Å². The van der Waals surface area contributed by atoms with E-state index >= 15 is 0 Å². The van der Waals surface area contributed by atoms with Crippen LogP contribution in [0.25, 0.3) is 12.2 Å². The number of benzene rings is 3. The molecule has 1 heterocycles. The van der Waals surface area contributed by atoms with E-state index in [1.54, 1.807) is 24.3 Å². The number of carbonyl (C=O) groups excluding carboxylic acids is 1. The molecule has 31 heavy (non-hydrogen) atoms. The van der Waals surface area contributed by atoms with Gasteiger partial charge in [-0.05, 0) is 45.9 Å². The average molecular weight is 411 g/mol. The normalized spacial score (nSPS) is 14.3. The number of Topliss-reactive ketones (excluding diaryl/α,β-unsaturated/α-hetero) is 1. The molecule has 0 N–H and O–H groups in total. The van der Waals surface area contributed by atoms with E-state index in [9.17, 15) is 4.79 Å². The van der Waals surface area contributed by atoms with Gasteiger partial charge in [0.05, 0.1) is 5.56 Å². The Hall–Kier alpha value is -3.59. The Kier molecular flexibility index (Phi) is 5.51. The van der Waals surface area contributed by atoms with Crippen molar-refractivity contribution >= 4 is 17.9 Å². The lowest BCUT2D eigenvalue weighted by molar-refractivity contribution is 0.101. The molecular weight excluding hydrogens is 384 g/mol. The molecule has 0 saturated heterocycles. The minimum absolute atomic E-state index is 0.0890. The molecule has 3 aromatic rings. The van der Waals surface area contributed by atoms with Crippen LogP contribution in [-0.4, -0.2) is 5.78 Å². The van der Waals surface area contributed by atoms with Crippen LogP contribution in [0.5, 0.6) is 11.5 Å². The summed E-state index contributed by atoms with van der Waals surface area (Å²) < 4.78 is 11.8. The molecule has 3 aromatic carbocycles. The van der Waals surface area contributed by atoms with Gasteiger partial charge in [0.2, 0.25) is 5.78 Å². The van der Waals surface area contributed by atoms with Gasteiger partial charge >= 0.3 is 0 Å². The van der Waals surface area contributed by atoms with Gasteiger partial charge in [-0.25, -0.2) is 0 Å². The van der Waals surface area contributed by atoms with Crippen molar-refractivity contribution in [1.29, 1.82) is 0 Å². The van der Waals surface area contributed by atoms with Crippen molar-refractivity contribution in [2.75, 3.05) is 0 Å². The van der Waals surface area contributed by atoms with Gasteiger partial charge in [-0.3, -0.25) is 4.79 Å². The Morgan fingerprint density at radius 1 is 0.935 bits per heavy atom. The Morgan fingerprint density at radius 2 is 1.61 bits per heavy atom. The van der Waals surface area contributed by atoms with E-state index in [1.165, 1.54) is 5.56 Å². The zero-order valence-corrected chi connectivity index (χ0v) is 18.1. The molecule has 0 aromatic heterocycles. The van der Waals surface area contributed by atoms with Gasteiger partial charge in [-0.15, -0.1) is 0 Å². The molecule has 156 valence electrons. The van der Waals surface area contributed by atoms with Gasteiger partial charge in [0, 0.05) is 6.07 Å². The van der Waals surface area contributed by atoms with Gasteiger partial charge in [-0.1, -0.05) is 82.0 Å². The van der Waals surface area contributed by atoms with Crippen molar-refractivity contribution < 1.29 is 14.3 Å². The molecular formula is C28H26O3. The molecule has 3 heteroatoms. The molecule has 3 nitrogen and oxygen atoms in total. The zero-order valence-electron chi connectivity index (χ0n) is 18.1. The second-order valence-electron chi connectivity index (χ2n) is 8.70. The van der Waals surface area contributed by atoms with Crippen LogP contribution >= 0.6 is 0 Å². The van der Waals surface area contributed by atoms with E-state index in [-0.39, 0.29) is 11.2 Å². The lowest BCUT2D eigenvalue weighted by Crippen LogP contribution is -2.10. The summed E-state index contributed by atoms with van der Waals surface area (Å²) in [7, 11) is 0. The minimum Gasteiger partial charge on any atom is -0.489 e. The summed E-state index contributed by atoms with van der Waals surface area (Å²) in [5.41, 5.74) is 4.95. The third-order valence-corrected chi connectivity index (χ3v) is 5.34. The topological polar surface area (TPSA) is 35.5 Å². The highest BCUT2D eigenvalue weighted by atomic mass is 16.5. The molecule has 0 unspecified atom stereocenters. The number of hydrogen-bond donors (Lipinski definition) is 0. The maximum atomic E-state index is 12.7. The van der Waals surface area contributed by atoms with Crippen molar-refractivity contribution in [2.45, 2.75) is 32.8 Å². The molecule has 0 bridgehead atoms. The maximum Gasteiger partial charge on any atom is 0.231 e. The van der Waals surface area contributed by atoms with Crippen molar-refractivity contribution in [1.82, 2.24) is 0 Å². The molecule has 0 amide bonds. The Bertz CT molecular complexity index is 1140. The summed E-state index contributed by atoms with van der Waals surface area (Å²) in [6.45, 7) is 10.7. The smallest absolute Gasteiger partial charge is 0.231 e. The average Bonchev–Trinajstić information content (AvgIpc) is 3.07. The van der Waals surface area contributed by atoms with Crippen LogP contribution in [0.15, 0.2) is 79.1 Å². The number of ether oxygens (including phenoxy) is 2. The summed E-state index contributed by atoms with van der Waals surface area (Å²) in [6, 6.07) is 21.6. The standard InChI is InChI=1S/C28H26O3/c1-5-19-6-8-21(9-7-19)18-30-23-14-15-24-25(17-23)31-26(27(24)29)16-20-10-12-22(13-11-20)28(2,3)4/h5-17H,1,18H2,2-4H3. The van der Waals surface area contributed by atoms with Crippen molar-refractivity contribution in [3.05, 3.63) is 107 Å². The molecule has 0 fully saturated rings. The fourth-order valence-corrected chi connectivity index (χ4v) is 3.40. The molecule has 4 rings (SSSR count). The molecule has 1 aliphatic heterocycles. The number of fused-ring (bicyclic) bond motifs is 1. The first kappa shape index (κ1) is 20.7. The number of ketones is 1.